The number of hydrogen-bond acceptors (Lipinski definition) is 5. The lowest BCUT2D eigenvalue weighted by Gasteiger charge is -2.11. The summed E-state index contributed by atoms with van der Waals surface area (Å²) in [5, 5.41) is 1.86. The first-order valence-electron chi connectivity index (χ1n) is 7.30. The molecule has 0 saturated heterocycles. The molecule has 2 heterocycles. The predicted octanol–water partition coefficient (Wildman–Crippen LogP) is 2.76. The van der Waals surface area contributed by atoms with Gasteiger partial charge in [0.2, 0.25) is 0 Å². The molecule has 23 heavy (non-hydrogen) atoms. The molecule has 0 radical (unpaired) electrons. The average Bonchev–Trinajstić information content (AvgIpc) is 3.01. The molecule has 0 atom stereocenters. The van der Waals surface area contributed by atoms with Crippen molar-refractivity contribution in [3.8, 4) is 0 Å². The molecule has 118 valence electrons. The van der Waals surface area contributed by atoms with Crippen LogP contribution in [0.2, 0.25) is 0 Å². The van der Waals surface area contributed by atoms with Gasteiger partial charge in [-0.3, -0.25) is 9.36 Å². The van der Waals surface area contributed by atoms with E-state index in [0.717, 1.165) is 5.56 Å². The van der Waals surface area contributed by atoms with E-state index in [1.807, 2.05) is 23.6 Å². The first kappa shape index (κ1) is 15.4. The molecule has 0 spiro atoms. The number of ether oxygens (including phenoxy) is 1. The molecule has 0 aliphatic rings. The summed E-state index contributed by atoms with van der Waals surface area (Å²) in [4.78, 5) is 29.0. The minimum atomic E-state index is -0.357. The van der Waals surface area contributed by atoms with Crippen LogP contribution in [-0.4, -0.2) is 22.1 Å². The number of rotatable bonds is 4. The van der Waals surface area contributed by atoms with E-state index in [2.05, 4.69) is 4.98 Å². The Kier molecular flexibility index (Phi) is 4.25. The predicted molar refractivity (Wildman–Crippen MR) is 90.1 cm³/mol. The first-order valence-corrected chi connectivity index (χ1v) is 8.18. The van der Waals surface area contributed by atoms with E-state index in [0.29, 0.717) is 34.6 Å². The van der Waals surface area contributed by atoms with Crippen molar-refractivity contribution in [3.05, 3.63) is 63.0 Å². The van der Waals surface area contributed by atoms with Crippen molar-refractivity contribution < 1.29 is 9.53 Å². The summed E-state index contributed by atoms with van der Waals surface area (Å²) in [6, 6.07) is 9.08. The minimum Gasteiger partial charge on any atom is -0.462 e. The molecule has 1 aromatic carbocycles. The minimum absolute atomic E-state index is 0.0615. The molecule has 0 aliphatic heterocycles. The number of fused-ring (bicyclic) bond motifs is 1. The van der Waals surface area contributed by atoms with Gasteiger partial charge >= 0.3 is 5.97 Å². The van der Waals surface area contributed by atoms with Gasteiger partial charge in [0, 0.05) is 13.5 Å². The summed E-state index contributed by atoms with van der Waals surface area (Å²) in [5.41, 5.74) is 1.94. The summed E-state index contributed by atoms with van der Waals surface area (Å²) >= 11 is 1.39. The van der Waals surface area contributed by atoms with E-state index < -0.39 is 0 Å². The van der Waals surface area contributed by atoms with Gasteiger partial charge in [0.25, 0.3) is 5.56 Å². The molecule has 3 aromatic rings. The fourth-order valence-electron chi connectivity index (χ4n) is 2.45. The highest BCUT2D eigenvalue weighted by Crippen LogP contribution is 2.18. The Morgan fingerprint density at radius 3 is 2.87 bits per heavy atom. The second kappa shape index (κ2) is 6.34. The SMILES string of the molecule is CCOC(=O)c1ccccc1Cc1nc2ccsc2c(=O)n1C. The van der Waals surface area contributed by atoms with Crippen LogP contribution in [0.25, 0.3) is 10.2 Å². The van der Waals surface area contributed by atoms with Gasteiger partial charge < -0.3 is 4.74 Å². The summed E-state index contributed by atoms with van der Waals surface area (Å²) in [7, 11) is 1.71. The lowest BCUT2D eigenvalue weighted by molar-refractivity contribution is 0.0525. The summed E-state index contributed by atoms with van der Waals surface area (Å²) in [6.45, 7) is 2.10. The molecule has 0 amide bonds. The molecule has 0 saturated carbocycles. The molecule has 0 unspecified atom stereocenters. The number of hydrogen-bond donors (Lipinski definition) is 0. The number of nitrogens with zero attached hydrogens (tertiary/aromatic N) is 2. The van der Waals surface area contributed by atoms with E-state index in [-0.39, 0.29) is 11.5 Å². The highest BCUT2D eigenvalue weighted by atomic mass is 32.1. The Balaban J connectivity index is 2.05. The third-order valence-electron chi connectivity index (χ3n) is 3.64. The Labute approximate surface area is 137 Å². The quantitative estimate of drug-likeness (QED) is 0.691. The Morgan fingerprint density at radius 2 is 2.09 bits per heavy atom. The van der Waals surface area contributed by atoms with Gasteiger partial charge in [0.05, 0.1) is 17.7 Å². The van der Waals surface area contributed by atoms with Gasteiger partial charge in [-0.1, -0.05) is 18.2 Å². The molecule has 2 aromatic heterocycles. The smallest absolute Gasteiger partial charge is 0.338 e. The monoisotopic (exact) mass is 328 g/mol. The van der Waals surface area contributed by atoms with Gasteiger partial charge in [-0.25, -0.2) is 9.78 Å². The number of thiophene rings is 1. The van der Waals surface area contributed by atoms with Crippen LogP contribution in [-0.2, 0) is 18.2 Å². The Hall–Kier alpha value is -2.47. The van der Waals surface area contributed by atoms with Gasteiger partial charge in [0.1, 0.15) is 10.5 Å². The molecule has 0 aliphatic carbocycles. The van der Waals surface area contributed by atoms with Crippen molar-refractivity contribution in [2.75, 3.05) is 6.61 Å². The first-order chi connectivity index (χ1) is 11.1. The third-order valence-corrected chi connectivity index (χ3v) is 4.53. The molecule has 6 heteroatoms. The summed E-state index contributed by atoms with van der Waals surface area (Å²) in [6.07, 6.45) is 0.395. The number of carbonyl (C=O) groups is 1. The molecule has 0 N–H and O–H groups in total. The molecule has 3 rings (SSSR count). The van der Waals surface area contributed by atoms with Crippen molar-refractivity contribution in [1.82, 2.24) is 9.55 Å². The number of carbonyl (C=O) groups excluding carboxylic acids is 1. The Bertz CT molecular complexity index is 927. The lowest BCUT2D eigenvalue weighted by atomic mass is 10.0. The van der Waals surface area contributed by atoms with Crippen molar-refractivity contribution in [3.63, 3.8) is 0 Å². The van der Waals surface area contributed by atoms with Crippen LogP contribution in [0.3, 0.4) is 0 Å². The van der Waals surface area contributed by atoms with Gasteiger partial charge in [-0.05, 0) is 30.0 Å². The largest absolute Gasteiger partial charge is 0.462 e. The summed E-state index contributed by atoms with van der Waals surface area (Å²) < 4.78 is 7.28. The standard InChI is InChI=1S/C17H16N2O3S/c1-3-22-17(21)12-7-5-4-6-11(12)10-14-18-13-8-9-23-15(13)16(20)19(14)2/h4-9H,3,10H2,1-2H3. The van der Waals surface area contributed by atoms with Crippen molar-refractivity contribution in [2.45, 2.75) is 13.3 Å². The molecule has 0 fully saturated rings. The molecular formula is C17H16N2O3S. The highest BCUT2D eigenvalue weighted by molar-refractivity contribution is 7.17. The van der Waals surface area contributed by atoms with Crippen molar-refractivity contribution >= 4 is 27.5 Å². The fourth-order valence-corrected chi connectivity index (χ4v) is 3.25. The van der Waals surface area contributed by atoms with Crippen molar-refractivity contribution in [1.29, 1.82) is 0 Å². The number of benzene rings is 1. The highest BCUT2D eigenvalue weighted by Gasteiger charge is 2.15. The van der Waals surface area contributed by atoms with E-state index in [9.17, 15) is 9.59 Å². The number of esters is 1. The third kappa shape index (κ3) is 2.90. The van der Waals surface area contributed by atoms with Gasteiger partial charge in [0.15, 0.2) is 0 Å². The molecule has 5 nitrogen and oxygen atoms in total. The maximum Gasteiger partial charge on any atom is 0.338 e. The zero-order valence-electron chi connectivity index (χ0n) is 12.9. The number of aromatic nitrogens is 2. The van der Waals surface area contributed by atoms with Crippen LogP contribution in [0.4, 0.5) is 0 Å². The van der Waals surface area contributed by atoms with E-state index >= 15 is 0 Å². The fraction of sp³-hybridized carbons (Fsp3) is 0.235. The van der Waals surface area contributed by atoms with Gasteiger partial charge in [-0.15, -0.1) is 11.3 Å². The van der Waals surface area contributed by atoms with Crippen LogP contribution in [0.15, 0.2) is 40.5 Å². The second-order valence-corrected chi connectivity index (χ2v) is 6.00. The summed E-state index contributed by atoms with van der Waals surface area (Å²) in [5.74, 6) is 0.266. The maximum absolute atomic E-state index is 12.4. The van der Waals surface area contributed by atoms with Crippen LogP contribution >= 0.6 is 11.3 Å². The topological polar surface area (TPSA) is 61.2 Å². The van der Waals surface area contributed by atoms with Crippen LogP contribution in [0.5, 0.6) is 0 Å². The average molecular weight is 328 g/mol. The second-order valence-electron chi connectivity index (χ2n) is 5.08. The van der Waals surface area contributed by atoms with Crippen LogP contribution < -0.4 is 5.56 Å². The van der Waals surface area contributed by atoms with Crippen LogP contribution in [0.1, 0.15) is 28.7 Å². The lowest BCUT2D eigenvalue weighted by Crippen LogP contribution is -2.22. The van der Waals surface area contributed by atoms with E-state index in [4.69, 9.17) is 4.74 Å². The Morgan fingerprint density at radius 1 is 1.30 bits per heavy atom. The van der Waals surface area contributed by atoms with Gasteiger partial charge in [-0.2, -0.15) is 0 Å². The van der Waals surface area contributed by atoms with Crippen LogP contribution in [0, 0.1) is 0 Å². The van der Waals surface area contributed by atoms with E-state index in [1.165, 1.54) is 11.3 Å². The zero-order chi connectivity index (χ0) is 16.4. The molecule has 0 bridgehead atoms. The normalized spacial score (nSPS) is 10.9. The zero-order valence-corrected chi connectivity index (χ0v) is 13.7. The van der Waals surface area contributed by atoms with E-state index in [1.54, 1.807) is 30.7 Å². The maximum atomic E-state index is 12.4. The van der Waals surface area contributed by atoms with Crippen molar-refractivity contribution in [2.24, 2.45) is 7.05 Å². The molecular weight excluding hydrogens is 312 g/mol.